The highest BCUT2D eigenvalue weighted by molar-refractivity contribution is 5.98. The largest absolute Gasteiger partial charge is 0.492 e. The number of hydrogen-bond donors (Lipinski definition) is 2. The Morgan fingerprint density at radius 1 is 0.816 bits per heavy atom. The van der Waals surface area contributed by atoms with E-state index in [1.165, 1.54) is 11.9 Å². The Labute approximate surface area is 224 Å². The topological polar surface area (TPSA) is 90.3 Å². The maximum absolute atomic E-state index is 12.0. The highest BCUT2D eigenvalue weighted by atomic mass is 16.5. The number of nitrogens with zero attached hydrogens (tertiary/aromatic N) is 2. The third-order valence-corrected chi connectivity index (χ3v) is 6.30. The van der Waals surface area contributed by atoms with Crippen LogP contribution in [0.5, 0.6) is 5.75 Å². The molecule has 0 saturated carbocycles. The molecule has 0 bridgehead atoms. The molecular formula is C31H36N2O5. The summed E-state index contributed by atoms with van der Waals surface area (Å²) in [5, 5.41) is 18.9. The summed E-state index contributed by atoms with van der Waals surface area (Å²) in [5.41, 5.74) is 5.82. The Kier molecular flexibility index (Phi) is 10.2. The van der Waals surface area contributed by atoms with Crippen LogP contribution < -0.4 is 4.74 Å². The van der Waals surface area contributed by atoms with E-state index in [1.807, 2.05) is 68.7 Å². The van der Waals surface area contributed by atoms with Gasteiger partial charge in [0, 0.05) is 6.54 Å². The minimum absolute atomic E-state index is 0.374. The van der Waals surface area contributed by atoms with Crippen molar-refractivity contribution in [3.05, 3.63) is 101 Å². The lowest BCUT2D eigenvalue weighted by Gasteiger charge is -2.24. The molecular weight excluding hydrogens is 480 g/mol. The molecule has 38 heavy (non-hydrogen) atoms. The van der Waals surface area contributed by atoms with Crippen LogP contribution in [0.3, 0.4) is 0 Å². The van der Waals surface area contributed by atoms with Crippen molar-refractivity contribution in [2.75, 3.05) is 40.8 Å². The number of benzene rings is 3. The standard InChI is InChI=1S/C31H36N2O5/c1-5-27(22-9-7-6-8-10-22)29(24-15-17-26(18-16-24)38-20-19-32(2)3)23-11-13-25(14-12-23)30(31(36)37)33(4)21-28(34)35/h6-18,30H,5,19-21H2,1-4H3,(H,34,35)(H,36,37). The normalized spacial score (nSPS) is 12.8. The molecule has 0 amide bonds. The number of ether oxygens (including phenoxy) is 1. The number of carboxylic acids is 2. The number of hydrogen-bond acceptors (Lipinski definition) is 5. The van der Waals surface area contributed by atoms with Crippen molar-refractivity contribution < 1.29 is 24.5 Å². The second-order valence-electron chi connectivity index (χ2n) is 9.42. The molecule has 1 atom stereocenters. The van der Waals surface area contributed by atoms with Crippen molar-refractivity contribution in [1.29, 1.82) is 0 Å². The number of likely N-dealkylation sites (N-methyl/N-ethyl adjacent to an activating group) is 2. The summed E-state index contributed by atoms with van der Waals surface area (Å²) >= 11 is 0. The molecule has 0 aliphatic heterocycles. The van der Waals surface area contributed by atoms with Crippen molar-refractivity contribution in [2.45, 2.75) is 19.4 Å². The van der Waals surface area contributed by atoms with Gasteiger partial charge in [-0.2, -0.15) is 0 Å². The lowest BCUT2D eigenvalue weighted by Crippen LogP contribution is -2.34. The van der Waals surface area contributed by atoms with Crippen molar-refractivity contribution in [3.8, 4) is 5.75 Å². The third-order valence-electron chi connectivity index (χ3n) is 6.30. The molecule has 0 aliphatic rings. The lowest BCUT2D eigenvalue weighted by molar-refractivity contribution is -0.145. The van der Waals surface area contributed by atoms with Crippen LogP contribution in [0.25, 0.3) is 11.1 Å². The maximum Gasteiger partial charge on any atom is 0.325 e. The van der Waals surface area contributed by atoms with Gasteiger partial charge in [-0.15, -0.1) is 0 Å². The summed E-state index contributed by atoms with van der Waals surface area (Å²) in [6.07, 6.45) is 0.793. The van der Waals surface area contributed by atoms with Gasteiger partial charge in [0.1, 0.15) is 18.4 Å². The van der Waals surface area contributed by atoms with Crippen LogP contribution in [-0.4, -0.2) is 72.8 Å². The van der Waals surface area contributed by atoms with E-state index in [9.17, 15) is 14.7 Å². The molecule has 200 valence electrons. The van der Waals surface area contributed by atoms with Gasteiger partial charge in [-0.05, 0) is 73.1 Å². The SMILES string of the molecule is CCC(=C(c1ccc(OCCN(C)C)cc1)c1ccc(C(C(=O)O)N(C)CC(=O)O)cc1)c1ccccc1. The van der Waals surface area contributed by atoms with Crippen LogP contribution in [0.15, 0.2) is 78.9 Å². The summed E-state index contributed by atoms with van der Waals surface area (Å²) in [7, 11) is 5.51. The first-order valence-corrected chi connectivity index (χ1v) is 12.6. The molecule has 3 aromatic carbocycles. The zero-order valence-electron chi connectivity index (χ0n) is 22.4. The van der Waals surface area contributed by atoms with Crippen molar-refractivity contribution >= 4 is 23.1 Å². The Balaban J connectivity index is 2.04. The molecule has 0 aliphatic carbocycles. The highest BCUT2D eigenvalue weighted by Gasteiger charge is 2.26. The van der Waals surface area contributed by atoms with Crippen LogP contribution in [-0.2, 0) is 9.59 Å². The van der Waals surface area contributed by atoms with Gasteiger partial charge in [0.25, 0.3) is 0 Å². The highest BCUT2D eigenvalue weighted by Crippen LogP contribution is 2.35. The summed E-state index contributed by atoms with van der Waals surface area (Å²) in [5.74, 6) is -1.38. The van der Waals surface area contributed by atoms with Crippen LogP contribution in [0.1, 0.15) is 41.6 Å². The molecule has 0 fully saturated rings. The van der Waals surface area contributed by atoms with E-state index >= 15 is 0 Å². The average molecular weight is 517 g/mol. The summed E-state index contributed by atoms with van der Waals surface area (Å²) in [6.45, 7) is 3.17. The maximum atomic E-state index is 12.0. The minimum Gasteiger partial charge on any atom is -0.492 e. The Bertz CT molecular complexity index is 1240. The molecule has 3 rings (SSSR count). The second kappa shape index (κ2) is 13.6. The number of carbonyl (C=O) groups is 2. The summed E-state index contributed by atoms with van der Waals surface area (Å²) in [4.78, 5) is 26.5. The van der Waals surface area contributed by atoms with Gasteiger partial charge in [-0.1, -0.05) is 73.7 Å². The summed E-state index contributed by atoms with van der Waals surface area (Å²) < 4.78 is 5.88. The van der Waals surface area contributed by atoms with E-state index in [0.717, 1.165) is 46.6 Å². The smallest absolute Gasteiger partial charge is 0.325 e. The van der Waals surface area contributed by atoms with E-state index in [4.69, 9.17) is 9.84 Å². The monoisotopic (exact) mass is 516 g/mol. The fourth-order valence-electron chi connectivity index (χ4n) is 4.47. The molecule has 7 nitrogen and oxygen atoms in total. The van der Waals surface area contributed by atoms with Gasteiger partial charge in [-0.25, -0.2) is 0 Å². The average Bonchev–Trinajstić information content (AvgIpc) is 2.88. The molecule has 7 heteroatoms. The van der Waals surface area contributed by atoms with E-state index in [-0.39, 0.29) is 6.54 Å². The first-order valence-electron chi connectivity index (χ1n) is 12.6. The molecule has 1 unspecified atom stereocenters. The fraction of sp³-hybridized carbons (Fsp3) is 0.290. The van der Waals surface area contributed by atoms with Crippen molar-refractivity contribution in [1.82, 2.24) is 9.80 Å². The molecule has 0 aromatic heterocycles. The molecule has 0 spiro atoms. The molecule has 3 aromatic rings. The third kappa shape index (κ3) is 7.54. The van der Waals surface area contributed by atoms with E-state index in [2.05, 4.69) is 24.0 Å². The second-order valence-corrected chi connectivity index (χ2v) is 9.42. The molecule has 0 saturated heterocycles. The lowest BCUT2D eigenvalue weighted by atomic mass is 9.87. The number of rotatable bonds is 13. The zero-order chi connectivity index (χ0) is 27.7. The Hall–Kier alpha value is -3.94. The van der Waals surface area contributed by atoms with E-state index in [1.54, 1.807) is 12.1 Å². The molecule has 2 N–H and O–H groups in total. The molecule has 0 radical (unpaired) electrons. The van der Waals surface area contributed by atoms with Gasteiger partial charge in [0.2, 0.25) is 0 Å². The first-order chi connectivity index (χ1) is 18.2. The van der Waals surface area contributed by atoms with Gasteiger partial charge in [0.05, 0.1) is 6.54 Å². The fourth-order valence-corrected chi connectivity index (χ4v) is 4.47. The van der Waals surface area contributed by atoms with E-state index < -0.39 is 18.0 Å². The van der Waals surface area contributed by atoms with Gasteiger partial charge < -0.3 is 19.8 Å². The van der Waals surface area contributed by atoms with Gasteiger partial charge >= 0.3 is 11.9 Å². The van der Waals surface area contributed by atoms with Crippen LogP contribution in [0.2, 0.25) is 0 Å². The van der Waals surface area contributed by atoms with Crippen molar-refractivity contribution in [3.63, 3.8) is 0 Å². The Morgan fingerprint density at radius 3 is 1.89 bits per heavy atom. The van der Waals surface area contributed by atoms with Crippen LogP contribution in [0.4, 0.5) is 0 Å². The summed E-state index contributed by atoms with van der Waals surface area (Å²) in [6, 6.07) is 24.5. The quantitative estimate of drug-likeness (QED) is 0.304. The predicted molar refractivity (Wildman–Crippen MR) is 150 cm³/mol. The number of carboxylic acid groups (broad SMARTS) is 2. The van der Waals surface area contributed by atoms with Gasteiger partial charge in [-0.3, -0.25) is 14.5 Å². The number of allylic oxidation sites excluding steroid dienone is 1. The number of aliphatic carboxylic acids is 2. The Morgan fingerprint density at radius 2 is 1.39 bits per heavy atom. The zero-order valence-corrected chi connectivity index (χ0v) is 22.4. The van der Waals surface area contributed by atoms with E-state index in [0.29, 0.717) is 12.2 Å². The van der Waals surface area contributed by atoms with Crippen molar-refractivity contribution in [2.24, 2.45) is 0 Å². The van der Waals surface area contributed by atoms with Gasteiger partial charge in [0.15, 0.2) is 0 Å². The minimum atomic E-state index is -1.10. The van der Waals surface area contributed by atoms with Crippen LogP contribution in [0, 0.1) is 0 Å². The van der Waals surface area contributed by atoms with Crippen LogP contribution >= 0.6 is 0 Å². The predicted octanol–water partition coefficient (Wildman–Crippen LogP) is 5.14. The molecule has 0 heterocycles. The first kappa shape index (κ1) is 28.6.